The molecule has 0 aliphatic heterocycles. The van der Waals surface area contributed by atoms with Gasteiger partial charge in [-0.3, -0.25) is 4.79 Å². The fraction of sp³-hybridized carbons (Fsp3) is 0.417. The first-order valence-electron chi connectivity index (χ1n) is 5.37. The summed E-state index contributed by atoms with van der Waals surface area (Å²) in [6.45, 7) is 0. The van der Waals surface area contributed by atoms with E-state index in [4.69, 9.17) is 10.5 Å². The summed E-state index contributed by atoms with van der Waals surface area (Å²) in [5.74, 6) is 1.50. The Morgan fingerprint density at radius 3 is 2.65 bits per heavy atom. The Morgan fingerprint density at radius 1 is 1.47 bits per heavy atom. The van der Waals surface area contributed by atoms with Crippen molar-refractivity contribution in [3.8, 4) is 5.75 Å². The third-order valence-electron chi connectivity index (χ3n) is 2.33. The van der Waals surface area contributed by atoms with Gasteiger partial charge in [0.15, 0.2) is 0 Å². The fourth-order valence-corrected chi connectivity index (χ4v) is 1.77. The molecule has 0 saturated carbocycles. The summed E-state index contributed by atoms with van der Waals surface area (Å²) >= 11 is 1.68. The second-order valence-corrected chi connectivity index (χ2v) is 4.59. The summed E-state index contributed by atoms with van der Waals surface area (Å²) in [6, 6.07) is 6.71. The van der Waals surface area contributed by atoms with E-state index < -0.39 is 6.04 Å². The number of thioether (sulfide) groups is 1. The zero-order valence-corrected chi connectivity index (χ0v) is 10.9. The van der Waals surface area contributed by atoms with Crippen LogP contribution in [-0.4, -0.2) is 31.1 Å². The van der Waals surface area contributed by atoms with E-state index in [1.165, 1.54) is 0 Å². The molecular formula is C12H18N2O2S. The highest BCUT2D eigenvalue weighted by atomic mass is 32.2. The zero-order valence-electron chi connectivity index (χ0n) is 10.1. The van der Waals surface area contributed by atoms with Gasteiger partial charge in [-0.15, -0.1) is 0 Å². The van der Waals surface area contributed by atoms with Crippen LogP contribution in [0.2, 0.25) is 0 Å². The van der Waals surface area contributed by atoms with E-state index in [1.54, 1.807) is 43.1 Å². The molecule has 0 aromatic heterocycles. The first kappa shape index (κ1) is 13.9. The molecule has 94 valence electrons. The van der Waals surface area contributed by atoms with Crippen molar-refractivity contribution in [3.63, 3.8) is 0 Å². The highest BCUT2D eigenvalue weighted by Gasteiger charge is 2.12. The lowest BCUT2D eigenvalue weighted by atomic mass is 10.2. The normalized spacial score (nSPS) is 11.9. The third kappa shape index (κ3) is 4.66. The van der Waals surface area contributed by atoms with Crippen LogP contribution in [0.5, 0.6) is 5.75 Å². The molecule has 0 radical (unpaired) electrons. The number of nitrogens with one attached hydrogen (secondary N) is 1. The molecule has 0 fully saturated rings. The Morgan fingerprint density at radius 2 is 2.12 bits per heavy atom. The van der Waals surface area contributed by atoms with E-state index in [2.05, 4.69) is 5.32 Å². The predicted molar refractivity (Wildman–Crippen MR) is 72.6 cm³/mol. The molecular weight excluding hydrogens is 236 g/mol. The molecule has 0 bridgehead atoms. The Labute approximate surface area is 106 Å². The molecule has 3 N–H and O–H groups in total. The van der Waals surface area contributed by atoms with Crippen molar-refractivity contribution in [1.82, 2.24) is 0 Å². The summed E-state index contributed by atoms with van der Waals surface area (Å²) in [6.07, 6.45) is 2.68. The molecule has 4 nitrogen and oxygen atoms in total. The van der Waals surface area contributed by atoms with Crippen LogP contribution in [0.3, 0.4) is 0 Å². The number of nitrogens with two attached hydrogens (primary N) is 1. The number of methoxy groups -OCH3 is 1. The van der Waals surface area contributed by atoms with Gasteiger partial charge in [0.2, 0.25) is 5.91 Å². The summed E-state index contributed by atoms with van der Waals surface area (Å²) in [7, 11) is 1.60. The molecule has 1 amide bonds. The van der Waals surface area contributed by atoms with Crippen LogP contribution in [0.15, 0.2) is 24.3 Å². The van der Waals surface area contributed by atoms with Crippen LogP contribution in [0.1, 0.15) is 6.42 Å². The maximum Gasteiger partial charge on any atom is 0.241 e. The van der Waals surface area contributed by atoms with E-state index in [1.807, 2.05) is 6.26 Å². The summed E-state index contributed by atoms with van der Waals surface area (Å²) in [5, 5.41) is 2.77. The quantitative estimate of drug-likeness (QED) is 0.811. The van der Waals surface area contributed by atoms with Crippen molar-refractivity contribution in [2.45, 2.75) is 12.5 Å². The van der Waals surface area contributed by atoms with E-state index in [0.29, 0.717) is 6.42 Å². The Bertz CT molecular complexity index is 354. The lowest BCUT2D eigenvalue weighted by molar-refractivity contribution is -0.117. The average Bonchev–Trinajstić information content (AvgIpc) is 2.36. The van der Waals surface area contributed by atoms with Gasteiger partial charge in [0, 0.05) is 5.69 Å². The first-order valence-corrected chi connectivity index (χ1v) is 6.76. The predicted octanol–water partition coefficient (Wildman–Crippen LogP) is 1.71. The minimum Gasteiger partial charge on any atom is -0.497 e. The van der Waals surface area contributed by atoms with Gasteiger partial charge in [0.1, 0.15) is 5.75 Å². The van der Waals surface area contributed by atoms with Gasteiger partial charge in [-0.2, -0.15) is 11.8 Å². The van der Waals surface area contributed by atoms with Crippen LogP contribution in [-0.2, 0) is 4.79 Å². The molecule has 0 saturated heterocycles. The highest BCUT2D eigenvalue weighted by molar-refractivity contribution is 7.98. The first-order chi connectivity index (χ1) is 8.17. The monoisotopic (exact) mass is 254 g/mol. The van der Waals surface area contributed by atoms with Gasteiger partial charge < -0.3 is 15.8 Å². The molecule has 0 heterocycles. The SMILES string of the molecule is COc1ccc(NC(=O)[C@H](N)CCSC)cc1. The fourth-order valence-electron chi connectivity index (χ4n) is 1.29. The van der Waals surface area contributed by atoms with E-state index in [-0.39, 0.29) is 5.91 Å². The number of amides is 1. The number of hydrogen-bond acceptors (Lipinski definition) is 4. The number of carbonyl (C=O) groups excluding carboxylic acids is 1. The molecule has 0 aliphatic carbocycles. The van der Waals surface area contributed by atoms with Crippen LogP contribution in [0.4, 0.5) is 5.69 Å². The van der Waals surface area contributed by atoms with Crippen LogP contribution in [0, 0.1) is 0 Å². The maximum absolute atomic E-state index is 11.7. The summed E-state index contributed by atoms with van der Waals surface area (Å²) < 4.78 is 5.03. The summed E-state index contributed by atoms with van der Waals surface area (Å²) in [5.41, 5.74) is 6.49. The van der Waals surface area contributed by atoms with Crippen LogP contribution in [0.25, 0.3) is 0 Å². The molecule has 5 heteroatoms. The highest BCUT2D eigenvalue weighted by Crippen LogP contribution is 2.15. The number of anilines is 1. The molecule has 1 aromatic rings. The van der Waals surface area contributed by atoms with Gasteiger partial charge in [0.25, 0.3) is 0 Å². The molecule has 0 aliphatic rings. The van der Waals surface area contributed by atoms with Gasteiger partial charge in [-0.25, -0.2) is 0 Å². The second kappa shape index (κ2) is 7.19. The van der Waals surface area contributed by atoms with E-state index >= 15 is 0 Å². The molecule has 1 rings (SSSR count). The Balaban J connectivity index is 2.49. The number of hydrogen-bond donors (Lipinski definition) is 2. The van der Waals surface area contributed by atoms with Crippen LogP contribution < -0.4 is 15.8 Å². The van der Waals surface area contributed by atoms with Gasteiger partial charge in [-0.1, -0.05) is 0 Å². The summed E-state index contributed by atoms with van der Waals surface area (Å²) in [4.78, 5) is 11.7. The van der Waals surface area contributed by atoms with Crippen molar-refractivity contribution in [3.05, 3.63) is 24.3 Å². The van der Waals surface area contributed by atoms with E-state index in [0.717, 1.165) is 17.2 Å². The van der Waals surface area contributed by atoms with Crippen molar-refractivity contribution < 1.29 is 9.53 Å². The van der Waals surface area contributed by atoms with Gasteiger partial charge in [-0.05, 0) is 42.7 Å². The maximum atomic E-state index is 11.7. The number of rotatable bonds is 6. The topological polar surface area (TPSA) is 64.3 Å². The number of ether oxygens (including phenoxy) is 1. The Kier molecular flexibility index (Phi) is 5.86. The molecule has 1 aromatic carbocycles. The zero-order chi connectivity index (χ0) is 12.7. The number of benzene rings is 1. The lowest BCUT2D eigenvalue weighted by Crippen LogP contribution is -2.36. The minimum atomic E-state index is -0.454. The smallest absolute Gasteiger partial charge is 0.241 e. The second-order valence-electron chi connectivity index (χ2n) is 3.61. The molecule has 0 unspecified atom stereocenters. The van der Waals surface area contributed by atoms with Crippen molar-refractivity contribution in [2.75, 3.05) is 24.4 Å². The molecule has 17 heavy (non-hydrogen) atoms. The molecule has 1 atom stereocenters. The van der Waals surface area contributed by atoms with Crippen LogP contribution >= 0.6 is 11.8 Å². The average molecular weight is 254 g/mol. The van der Waals surface area contributed by atoms with E-state index in [9.17, 15) is 4.79 Å². The number of carbonyl (C=O) groups is 1. The van der Waals surface area contributed by atoms with Crippen molar-refractivity contribution in [1.29, 1.82) is 0 Å². The molecule has 0 spiro atoms. The van der Waals surface area contributed by atoms with Gasteiger partial charge in [0.05, 0.1) is 13.2 Å². The van der Waals surface area contributed by atoms with Gasteiger partial charge >= 0.3 is 0 Å². The standard InChI is InChI=1S/C12H18N2O2S/c1-16-10-5-3-9(4-6-10)14-12(15)11(13)7-8-17-2/h3-6,11H,7-8,13H2,1-2H3,(H,14,15)/t11-/m1/s1. The minimum absolute atomic E-state index is 0.149. The van der Waals surface area contributed by atoms with Crippen molar-refractivity contribution >= 4 is 23.4 Å². The third-order valence-corrected chi connectivity index (χ3v) is 2.97. The Hall–Kier alpha value is -1.20. The lowest BCUT2D eigenvalue weighted by Gasteiger charge is -2.11. The largest absolute Gasteiger partial charge is 0.497 e. The van der Waals surface area contributed by atoms with Crippen molar-refractivity contribution in [2.24, 2.45) is 5.73 Å².